The van der Waals surface area contributed by atoms with Crippen molar-refractivity contribution in [2.24, 2.45) is 0 Å². The van der Waals surface area contributed by atoms with Gasteiger partial charge in [0.15, 0.2) is 11.5 Å². The van der Waals surface area contributed by atoms with Crippen molar-refractivity contribution in [3.63, 3.8) is 0 Å². The Bertz CT molecular complexity index is 971. The zero-order valence-corrected chi connectivity index (χ0v) is 14.4. The molecule has 0 atom stereocenters. The third kappa shape index (κ3) is 3.92. The quantitative estimate of drug-likeness (QED) is 0.409. The average Bonchev–Trinajstić information content (AvgIpc) is 3.19. The number of benzene rings is 1. The van der Waals surface area contributed by atoms with E-state index in [0.717, 1.165) is 16.9 Å². The lowest BCUT2D eigenvalue weighted by Gasteiger charge is -2.00. The van der Waals surface area contributed by atoms with Gasteiger partial charge >= 0.3 is 5.00 Å². The number of anilines is 1. The van der Waals surface area contributed by atoms with E-state index in [1.54, 1.807) is 24.3 Å². The van der Waals surface area contributed by atoms with E-state index in [9.17, 15) is 14.9 Å². The third-order valence-corrected chi connectivity index (χ3v) is 4.36. The molecule has 1 aromatic carbocycles. The van der Waals surface area contributed by atoms with Crippen LogP contribution < -0.4 is 5.32 Å². The van der Waals surface area contributed by atoms with Gasteiger partial charge in [0.1, 0.15) is 5.52 Å². The highest BCUT2D eigenvalue weighted by atomic mass is 32.1. The molecule has 2 heterocycles. The summed E-state index contributed by atoms with van der Waals surface area (Å²) in [5.41, 5.74) is 1.94. The Kier molecular flexibility index (Phi) is 4.62. The van der Waals surface area contributed by atoms with Crippen LogP contribution >= 0.6 is 11.3 Å². The predicted molar refractivity (Wildman–Crippen MR) is 96.7 cm³/mol. The van der Waals surface area contributed by atoms with E-state index in [1.807, 2.05) is 13.8 Å². The number of nitro groups is 1. The van der Waals surface area contributed by atoms with E-state index in [0.29, 0.717) is 22.0 Å². The second-order valence-corrected chi connectivity index (χ2v) is 6.74. The van der Waals surface area contributed by atoms with Gasteiger partial charge in [-0.15, -0.1) is 0 Å². The van der Waals surface area contributed by atoms with Crippen molar-refractivity contribution in [3.8, 4) is 0 Å². The first-order valence-electron chi connectivity index (χ1n) is 7.56. The van der Waals surface area contributed by atoms with Crippen LogP contribution in [0.1, 0.15) is 30.5 Å². The molecule has 0 unspecified atom stereocenters. The summed E-state index contributed by atoms with van der Waals surface area (Å²) in [4.78, 5) is 27.2. The molecule has 0 spiro atoms. The number of carbonyl (C=O) groups is 1. The second kappa shape index (κ2) is 6.86. The van der Waals surface area contributed by atoms with Crippen molar-refractivity contribution in [3.05, 3.63) is 57.3 Å². The van der Waals surface area contributed by atoms with E-state index >= 15 is 0 Å². The van der Waals surface area contributed by atoms with Crippen molar-refractivity contribution < 1.29 is 14.1 Å². The van der Waals surface area contributed by atoms with Crippen LogP contribution in [0.4, 0.5) is 10.7 Å². The molecule has 0 fully saturated rings. The summed E-state index contributed by atoms with van der Waals surface area (Å²) in [6, 6.07) is 8.26. The number of carbonyl (C=O) groups excluding carboxylic acids is 1. The summed E-state index contributed by atoms with van der Waals surface area (Å²) in [6.07, 6.45) is 2.87. The molecule has 1 N–H and O–H groups in total. The molecule has 3 rings (SSSR count). The van der Waals surface area contributed by atoms with Gasteiger partial charge in [0.25, 0.3) is 0 Å². The Labute approximate surface area is 147 Å². The molecule has 0 saturated carbocycles. The largest absolute Gasteiger partial charge is 0.440 e. The fourth-order valence-corrected chi connectivity index (χ4v) is 2.86. The molecule has 8 heteroatoms. The van der Waals surface area contributed by atoms with Crippen molar-refractivity contribution in [1.29, 1.82) is 0 Å². The van der Waals surface area contributed by atoms with E-state index in [-0.39, 0.29) is 16.8 Å². The molecule has 1 amide bonds. The molecule has 0 aliphatic heterocycles. The lowest BCUT2D eigenvalue weighted by atomic mass is 10.2. The maximum atomic E-state index is 12.0. The minimum absolute atomic E-state index is 0.0387. The normalized spacial score (nSPS) is 11.5. The molecule has 7 nitrogen and oxygen atoms in total. The van der Waals surface area contributed by atoms with Crippen LogP contribution in [0.3, 0.4) is 0 Å². The Morgan fingerprint density at radius 1 is 1.36 bits per heavy atom. The summed E-state index contributed by atoms with van der Waals surface area (Å²) >= 11 is 1.01. The molecule has 0 aliphatic rings. The van der Waals surface area contributed by atoms with Crippen LogP contribution in [0, 0.1) is 10.1 Å². The summed E-state index contributed by atoms with van der Waals surface area (Å²) in [5, 5.41) is 13.4. The average molecular weight is 357 g/mol. The first-order chi connectivity index (χ1) is 11.9. The molecular weight excluding hydrogens is 342 g/mol. The Morgan fingerprint density at radius 2 is 2.16 bits per heavy atom. The zero-order chi connectivity index (χ0) is 18.0. The number of fused-ring (bicyclic) bond motifs is 1. The van der Waals surface area contributed by atoms with Crippen molar-refractivity contribution in [1.82, 2.24) is 4.98 Å². The SMILES string of the molecule is CC(C)c1nc2ccc(NC(=O)/C=C/c3ccc([N+](=O)[O-])s3)cc2o1. The predicted octanol–water partition coefficient (Wildman–Crippen LogP) is 4.57. The van der Waals surface area contributed by atoms with Crippen LogP contribution in [0.2, 0.25) is 0 Å². The minimum Gasteiger partial charge on any atom is -0.440 e. The smallest absolute Gasteiger partial charge is 0.324 e. The van der Waals surface area contributed by atoms with Crippen LogP contribution in [-0.4, -0.2) is 15.8 Å². The monoisotopic (exact) mass is 357 g/mol. The van der Waals surface area contributed by atoms with Crippen LogP contribution in [0.5, 0.6) is 0 Å². The molecule has 3 aromatic rings. The van der Waals surface area contributed by atoms with Gasteiger partial charge in [0, 0.05) is 34.7 Å². The highest BCUT2D eigenvalue weighted by Crippen LogP contribution is 2.25. The van der Waals surface area contributed by atoms with Gasteiger partial charge in [-0.2, -0.15) is 0 Å². The highest BCUT2D eigenvalue weighted by molar-refractivity contribution is 7.16. The molecule has 0 radical (unpaired) electrons. The molecule has 0 aliphatic carbocycles. The van der Waals surface area contributed by atoms with Crippen LogP contribution in [-0.2, 0) is 4.79 Å². The number of aromatic nitrogens is 1. The van der Waals surface area contributed by atoms with Gasteiger partial charge < -0.3 is 9.73 Å². The van der Waals surface area contributed by atoms with Crippen molar-refractivity contribution in [2.75, 3.05) is 5.32 Å². The van der Waals surface area contributed by atoms with E-state index in [1.165, 1.54) is 18.2 Å². The lowest BCUT2D eigenvalue weighted by molar-refractivity contribution is -0.380. The molecule has 0 bridgehead atoms. The summed E-state index contributed by atoms with van der Waals surface area (Å²) in [6.45, 7) is 3.99. The number of thiophene rings is 1. The third-order valence-electron chi connectivity index (χ3n) is 3.36. The minimum atomic E-state index is -0.458. The van der Waals surface area contributed by atoms with Crippen molar-refractivity contribution >= 4 is 45.1 Å². The second-order valence-electron chi connectivity index (χ2n) is 5.65. The fourth-order valence-electron chi connectivity index (χ4n) is 2.14. The van der Waals surface area contributed by atoms with Crippen LogP contribution in [0.25, 0.3) is 17.2 Å². The fraction of sp³-hybridized carbons (Fsp3) is 0.176. The molecule has 128 valence electrons. The summed E-state index contributed by atoms with van der Waals surface area (Å²) < 4.78 is 5.66. The Balaban J connectivity index is 1.70. The number of nitrogens with one attached hydrogen (secondary N) is 1. The van der Waals surface area contributed by atoms with Gasteiger partial charge in [-0.3, -0.25) is 14.9 Å². The number of amides is 1. The molecule has 0 saturated heterocycles. The summed E-state index contributed by atoms with van der Waals surface area (Å²) in [5.74, 6) is 0.500. The van der Waals surface area contributed by atoms with Crippen molar-refractivity contribution in [2.45, 2.75) is 19.8 Å². The zero-order valence-electron chi connectivity index (χ0n) is 13.6. The number of hydrogen-bond donors (Lipinski definition) is 1. The standard InChI is InChI=1S/C17H15N3O4S/c1-10(2)17-19-13-6-3-11(9-14(13)24-17)18-15(21)7-4-12-5-8-16(25-12)20(22)23/h3-10H,1-2H3,(H,18,21)/b7-4+. The van der Waals surface area contributed by atoms with Gasteiger partial charge in [0.05, 0.1) is 4.92 Å². The molecular formula is C17H15N3O4S. The maximum absolute atomic E-state index is 12.0. The lowest BCUT2D eigenvalue weighted by Crippen LogP contribution is -2.07. The highest BCUT2D eigenvalue weighted by Gasteiger charge is 2.11. The van der Waals surface area contributed by atoms with Gasteiger partial charge in [-0.25, -0.2) is 4.98 Å². The Hall–Kier alpha value is -3.00. The number of oxazole rings is 1. The van der Waals surface area contributed by atoms with Gasteiger partial charge in [-0.1, -0.05) is 25.2 Å². The number of hydrogen-bond acceptors (Lipinski definition) is 6. The van der Waals surface area contributed by atoms with E-state index < -0.39 is 4.92 Å². The first-order valence-corrected chi connectivity index (χ1v) is 8.38. The topological polar surface area (TPSA) is 98.3 Å². The number of nitrogens with zero attached hydrogens (tertiary/aromatic N) is 2. The first kappa shape index (κ1) is 16.8. The number of rotatable bonds is 5. The molecule has 25 heavy (non-hydrogen) atoms. The maximum Gasteiger partial charge on any atom is 0.324 e. The van der Waals surface area contributed by atoms with Gasteiger partial charge in [-0.05, 0) is 24.3 Å². The van der Waals surface area contributed by atoms with E-state index in [4.69, 9.17) is 4.42 Å². The Morgan fingerprint density at radius 3 is 2.84 bits per heavy atom. The molecule has 2 aromatic heterocycles. The summed E-state index contributed by atoms with van der Waals surface area (Å²) in [7, 11) is 0. The van der Waals surface area contributed by atoms with E-state index in [2.05, 4.69) is 10.3 Å². The van der Waals surface area contributed by atoms with Gasteiger partial charge in [0.2, 0.25) is 5.91 Å². The van der Waals surface area contributed by atoms with Crippen LogP contribution in [0.15, 0.2) is 40.8 Å².